The predicted octanol–water partition coefficient (Wildman–Crippen LogP) is 3.17. The molecule has 0 aliphatic rings. The van der Waals surface area contributed by atoms with E-state index in [1.807, 2.05) is 0 Å². The van der Waals surface area contributed by atoms with Crippen LogP contribution >= 0.6 is 31.9 Å². The summed E-state index contributed by atoms with van der Waals surface area (Å²) in [5.41, 5.74) is 1.73. The van der Waals surface area contributed by atoms with Crippen LogP contribution in [-0.2, 0) is 7.05 Å². The van der Waals surface area contributed by atoms with Crippen LogP contribution in [0.1, 0.15) is 21.0 Å². The molecule has 8 nitrogen and oxygen atoms in total. The molecule has 3 rings (SSSR count). The van der Waals surface area contributed by atoms with Gasteiger partial charge in [-0.15, -0.1) is 0 Å². The molecule has 0 unspecified atom stereocenters. The van der Waals surface area contributed by atoms with Crippen molar-refractivity contribution in [2.45, 2.75) is 0 Å². The van der Waals surface area contributed by atoms with Gasteiger partial charge in [0.05, 0.1) is 4.47 Å². The van der Waals surface area contributed by atoms with Gasteiger partial charge >= 0.3 is 0 Å². The highest BCUT2D eigenvalue weighted by atomic mass is 79.9. The molecule has 0 radical (unpaired) electrons. The molecule has 0 bridgehead atoms. The van der Waals surface area contributed by atoms with E-state index in [0.717, 1.165) is 0 Å². The summed E-state index contributed by atoms with van der Waals surface area (Å²) < 4.78 is 2.69. The second-order valence-corrected chi connectivity index (χ2v) is 6.65. The quantitative estimate of drug-likeness (QED) is 0.548. The molecule has 0 atom stereocenters. The predicted molar refractivity (Wildman–Crippen MR) is 99.5 cm³/mol. The van der Waals surface area contributed by atoms with E-state index < -0.39 is 0 Å². The van der Waals surface area contributed by atoms with Crippen LogP contribution in [0.15, 0.2) is 45.6 Å². The molecule has 128 valence electrons. The molecular weight excluding hydrogens is 456 g/mol. The van der Waals surface area contributed by atoms with Gasteiger partial charge in [0, 0.05) is 24.6 Å². The van der Waals surface area contributed by atoms with Gasteiger partial charge in [0.2, 0.25) is 0 Å². The SMILES string of the molecule is Cn1ccc(C(=O)Nc2ccc(NC(=O)c3n[nH]c(Br)c3Br)cc2)n1. The molecule has 0 saturated carbocycles. The molecule has 10 heteroatoms. The van der Waals surface area contributed by atoms with Crippen LogP contribution < -0.4 is 10.6 Å². The minimum Gasteiger partial charge on any atom is -0.321 e. The lowest BCUT2D eigenvalue weighted by molar-refractivity contribution is 0.101. The van der Waals surface area contributed by atoms with Gasteiger partial charge in [0.1, 0.15) is 4.60 Å². The number of carbonyl (C=O) groups is 2. The topological polar surface area (TPSA) is 105 Å². The molecule has 3 N–H and O–H groups in total. The van der Waals surface area contributed by atoms with Crippen molar-refractivity contribution in [3.63, 3.8) is 0 Å². The fourth-order valence-electron chi connectivity index (χ4n) is 2.02. The third-order valence-electron chi connectivity index (χ3n) is 3.23. The lowest BCUT2D eigenvalue weighted by atomic mass is 10.2. The first-order valence-electron chi connectivity index (χ1n) is 7.06. The molecule has 0 spiro atoms. The number of benzene rings is 1. The van der Waals surface area contributed by atoms with E-state index in [0.29, 0.717) is 26.1 Å². The van der Waals surface area contributed by atoms with Crippen molar-refractivity contribution < 1.29 is 9.59 Å². The maximum atomic E-state index is 12.2. The summed E-state index contributed by atoms with van der Waals surface area (Å²) in [6.07, 6.45) is 1.69. The van der Waals surface area contributed by atoms with Crippen LogP contribution in [0.4, 0.5) is 11.4 Å². The van der Waals surface area contributed by atoms with Crippen molar-refractivity contribution in [1.29, 1.82) is 0 Å². The Morgan fingerprint density at radius 2 is 1.64 bits per heavy atom. The van der Waals surface area contributed by atoms with Gasteiger partial charge in [-0.1, -0.05) is 0 Å². The zero-order valence-corrected chi connectivity index (χ0v) is 16.1. The van der Waals surface area contributed by atoms with Crippen LogP contribution in [-0.4, -0.2) is 31.8 Å². The van der Waals surface area contributed by atoms with Crippen LogP contribution in [0.3, 0.4) is 0 Å². The molecule has 0 saturated heterocycles. The van der Waals surface area contributed by atoms with Gasteiger partial charge in [-0.05, 0) is 62.2 Å². The summed E-state index contributed by atoms with van der Waals surface area (Å²) in [5, 5.41) is 16.1. The first kappa shape index (κ1) is 17.4. The number of halogens is 2. The zero-order chi connectivity index (χ0) is 18.0. The van der Waals surface area contributed by atoms with E-state index in [1.165, 1.54) is 0 Å². The lowest BCUT2D eigenvalue weighted by Gasteiger charge is -2.06. The van der Waals surface area contributed by atoms with Crippen LogP contribution in [0.5, 0.6) is 0 Å². The number of aryl methyl sites for hydroxylation is 1. The molecule has 25 heavy (non-hydrogen) atoms. The lowest BCUT2D eigenvalue weighted by Crippen LogP contribution is -2.14. The summed E-state index contributed by atoms with van der Waals surface area (Å²) in [6, 6.07) is 8.37. The Morgan fingerprint density at radius 3 is 2.12 bits per heavy atom. The number of nitrogens with one attached hydrogen (secondary N) is 3. The van der Waals surface area contributed by atoms with Crippen LogP contribution in [0, 0.1) is 0 Å². The fourth-order valence-corrected chi connectivity index (χ4v) is 2.65. The highest BCUT2D eigenvalue weighted by Gasteiger charge is 2.16. The standard InChI is InChI=1S/C15H12Br2N6O2/c1-23-7-6-10(22-23)14(24)18-8-2-4-9(5-3-8)19-15(25)12-11(16)13(17)21-20-12/h2-7H,1H3,(H,18,24)(H,19,25)(H,20,21). The largest absolute Gasteiger partial charge is 0.321 e. The van der Waals surface area contributed by atoms with Crippen molar-refractivity contribution in [3.8, 4) is 0 Å². The van der Waals surface area contributed by atoms with Gasteiger partial charge in [0.15, 0.2) is 11.4 Å². The van der Waals surface area contributed by atoms with Gasteiger partial charge < -0.3 is 10.6 Å². The molecule has 2 amide bonds. The van der Waals surface area contributed by atoms with Crippen molar-refractivity contribution in [2.24, 2.45) is 7.05 Å². The highest BCUT2D eigenvalue weighted by Crippen LogP contribution is 2.24. The zero-order valence-electron chi connectivity index (χ0n) is 12.9. The number of rotatable bonds is 4. The Hall–Kier alpha value is -2.46. The Kier molecular flexibility index (Phi) is 5.00. The number of aromatic nitrogens is 4. The molecule has 0 aliphatic heterocycles. The second-order valence-electron chi connectivity index (χ2n) is 5.06. The maximum Gasteiger partial charge on any atom is 0.277 e. The summed E-state index contributed by atoms with van der Waals surface area (Å²) in [7, 11) is 1.74. The normalized spacial score (nSPS) is 10.5. The minimum absolute atomic E-state index is 0.236. The number of carbonyl (C=O) groups excluding carboxylic acids is 2. The fraction of sp³-hybridized carbons (Fsp3) is 0.0667. The Labute approximate surface area is 159 Å². The Morgan fingerprint density at radius 1 is 1.04 bits per heavy atom. The maximum absolute atomic E-state index is 12.2. The smallest absolute Gasteiger partial charge is 0.277 e. The second kappa shape index (κ2) is 7.19. The molecule has 0 aliphatic carbocycles. The summed E-state index contributed by atoms with van der Waals surface area (Å²) >= 11 is 6.50. The number of hydrogen-bond acceptors (Lipinski definition) is 4. The first-order chi connectivity index (χ1) is 11.9. The van der Waals surface area contributed by atoms with Gasteiger partial charge in [-0.25, -0.2) is 0 Å². The van der Waals surface area contributed by atoms with Crippen molar-refractivity contribution in [2.75, 3.05) is 10.6 Å². The Bertz CT molecular complexity index is 932. The summed E-state index contributed by atoms with van der Waals surface area (Å²) in [5.74, 6) is -0.665. The third-order valence-corrected chi connectivity index (χ3v) is 5.11. The van der Waals surface area contributed by atoms with E-state index in [-0.39, 0.29) is 17.5 Å². The van der Waals surface area contributed by atoms with Crippen LogP contribution in [0.2, 0.25) is 0 Å². The monoisotopic (exact) mass is 466 g/mol. The molecule has 2 heterocycles. The van der Waals surface area contributed by atoms with Gasteiger partial charge in [-0.3, -0.25) is 19.4 Å². The number of amides is 2. The number of anilines is 2. The molecule has 0 fully saturated rings. The van der Waals surface area contributed by atoms with Crippen molar-refractivity contribution in [3.05, 3.63) is 57.0 Å². The van der Waals surface area contributed by atoms with E-state index >= 15 is 0 Å². The first-order valence-corrected chi connectivity index (χ1v) is 8.64. The van der Waals surface area contributed by atoms with Gasteiger partial charge in [0.25, 0.3) is 11.8 Å². The molecular formula is C15H12Br2N6O2. The molecule has 2 aromatic heterocycles. The summed E-state index contributed by atoms with van der Waals surface area (Å²) in [4.78, 5) is 24.2. The average Bonchev–Trinajstić information content (AvgIpc) is 3.16. The summed E-state index contributed by atoms with van der Waals surface area (Å²) in [6.45, 7) is 0. The van der Waals surface area contributed by atoms with E-state index in [9.17, 15) is 9.59 Å². The third kappa shape index (κ3) is 3.97. The highest BCUT2D eigenvalue weighted by molar-refractivity contribution is 9.13. The van der Waals surface area contributed by atoms with Gasteiger partial charge in [-0.2, -0.15) is 10.2 Å². The number of H-pyrrole nitrogens is 1. The van der Waals surface area contributed by atoms with E-state index in [4.69, 9.17) is 0 Å². The Balaban J connectivity index is 1.65. The van der Waals surface area contributed by atoms with Crippen molar-refractivity contribution >= 4 is 55.0 Å². The number of hydrogen-bond donors (Lipinski definition) is 3. The molecule has 1 aromatic carbocycles. The van der Waals surface area contributed by atoms with Crippen LogP contribution in [0.25, 0.3) is 0 Å². The molecule has 3 aromatic rings. The number of aromatic amines is 1. The van der Waals surface area contributed by atoms with E-state index in [2.05, 4.69) is 57.8 Å². The minimum atomic E-state index is -0.362. The number of nitrogens with zero attached hydrogens (tertiary/aromatic N) is 3. The van der Waals surface area contributed by atoms with E-state index in [1.54, 1.807) is 48.3 Å². The van der Waals surface area contributed by atoms with Crippen molar-refractivity contribution in [1.82, 2.24) is 20.0 Å². The average molecular weight is 468 g/mol.